The topological polar surface area (TPSA) is 90.7 Å². The molecule has 0 spiro atoms. The first-order valence-corrected chi connectivity index (χ1v) is 9.29. The highest BCUT2D eigenvalue weighted by molar-refractivity contribution is 5.47. The SMILES string of the molecule is NC1(c2nccc(-c3nc(C(c4ccccc4)c4ccccc4)no3)n2)CC1. The zero-order chi connectivity index (χ0) is 19.0. The zero-order valence-electron chi connectivity index (χ0n) is 15.2. The molecule has 2 aromatic carbocycles. The van der Waals surface area contributed by atoms with Crippen molar-refractivity contribution in [1.82, 2.24) is 20.1 Å². The second kappa shape index (κ2) is 6.65. The fourth-order valence-corrected chi connectivity index (χ4v) is 3.31. The van der Waals surface area contributed by atoms with Crippen LogP contribution in [-0.2, 0) is 5.54 Å². The number of nitrogens with zero attached hydrogens (tertiary/aromatic N) is 4. The molecule has 6 heteroatoms. The van der Waals surface area contributed by atoms with Crippen molar-refractivity contribution in [3.8, 4) is 11.6 Å². The molecule has 0 bridgehead atoms. The lowest BCUT2D eigenvalue weighted by atomic mass is 9.91. The summed E-state index contributed by atoms with van der Waals surface area (Å²) < 4.78 is 5.57. The van der Waals surface area contributed by atoms with Crippen molar-refractivity contribution < 1.29 is 4.52 Å². The van der Waals surface area contributed by atoms with Crippen molar-refractivity contribution in [2.45, 2.75) is 24.3 Å². The van der Waals surface area contributed by atoms with E-state index in [1.807, 2.05) is 36.4 Å². The summed E-state index contributed by atoms with van der Waals surface area (Å²) in [6, 6.07) is 22.1. The Labute approximate surface area is 162 Å². The number of nitrogens with two attached hydrogens (primary N) is 1. The lowest BCUT2D eigenvalue weighted by Gasteiger charge is -2.14. The Kier molecular flexibility index (Phi) is 3.98. The van der Waals surface area contributed by atoms with Gasteiger partial charge in [-0.1, -0.05) is 65.8 Å². The van der Waals surface area contributed by atoms with E-state index in [2.05, 4.69) is 44.4 Å². The van der Waals surface area contributed by atoms with E-state index in [9.17, 15) is 0 Å². The van der Waals surface area contributed by atoms with Crippen LogP contribution in [0.4, 0.5) is 0 Å². The highest BCUT2D eigenvalue weighted by Crippen LogP contribution is 2.41. The zero-order valence-corrected chi connectivity index (χ0v) is 15.2. The van der Waals surface area contributed by atoms with Gasteiger partial charge in [-0.25, -0.2) is 9.97 Å². The smallest absolute Gasteiger partial charge is 0.276 e. The average Bonchev–Trinajstić information content (AvgIpc) is 3.33. The molecule has 138 valence electrons. The van der Waals surface area contributed by atoms with Crippen molar-refractivity contribution in [1.29, 1.82) is 0 Å². The van der Waals surface area contributed by atoms with Crippen LogP contribution >= 0.6 is 0 Å². The normalized spacial score (nSPS) is 14.9. The van der Waals surface area contributed by atoms with Gasteiger partial charge in [0.15, 0.2) is 5.82 Å². The minimum Gasteiger partial charge on any atom is -0.332 e. The molecule has 2 aromatic heterocycles. The Balaban J connectivity index is 1.55. The van der Waals surface area contributed by atoms with E-state index < -0.39 is 5.54 Å². The Morgan fingerprint density at radius 3 is 2.11 bits per heavy atom. The molecule has 5 rings (SSSR count). The summed E-state index contributed by atoms with van der Waals surface area (Å²) in [6.07, 6.45) is 3.49. The van der Waals surface area contributed by atoms with Crippen LogP contribution in [-0.4, -0.2) is 20.1 Å². The second-order valence-corrected chi connectivity index (χ2v) is 7.13. The minimum absolute atomic E-state index is 0.120. The summed E-state index contributed by atoms with van der Waals surface area (Å²) in [5.41, 5.74) is 8.62. The number of hydrogen-bond acceptors (Lipinski definition) is 6. The van der Waals surface area contributed by atoms with E-state index in [1.165, 1.54) is 0 Å². The highest BCUT2D eigenvalue weighted by Gasteiger charge is 2.43. The van der Waals surface area contributed by atoms with Crippen LogP contribution in [0.15, 0.2) is 77.4 Å². The van der Waals surface area contributed by atoms with Crippen LogP contribution in [0.3, 0.4) is 0 Å². The van der Waals surface area contributed by atoms with Crippen LogP contribution < -0.4 is 5.73 Å². The first-order chi connectivity index (χ1) is 13.7. The summed E-state index contributed by atoms with van der Waals surface area (Å²) in [7, 11) is 0. The third kappa shape index (κ3) is 3.08. The van der Waals surface area contributed by atoms with Crippen molar-refractivity contribution in [3.63, 3.8) is 0 Å². The van der Waals surface area contributed by atoms with Crippen LogP contribution in [0, 0.1) is 0 Å². The lowest BCUT2D eigenvalue weighted by molar-refractivity contribution is 0.420. The maximum absolute atomic E-state index is 6.23. The Morgan fingerprint density at radius 2 is 1.50 bits per heavy atom. The van der Waals surface area contributed by atoms with Crippen molar-refractivity contribution in [2.24, 2.45) is 5.73 Å². The molecule has 4 aromatic rings. The predicted octanol–water partition coefficient (Wildman–Crippen LogP) is 3.65. The monoisotopic (exact) mass is 369 g/mol. The molecule has 0 atom stereocenters. The van der Waals surface area contributed by atoms with Gasteiger partial charge >= 0.3 is 0 Å². The third-order valence-corrected chi connectivity index (χ3v) is 5.07. The molecule has 1 aliphatic carbocycles. The standard InChI is InChI=1S/C22H19N5O/c23-22(12-13-22)21-24-14-11-17(25-21)20-26-19(27-28-20)18(15-7-3-1-4-8-15)16-9-5-2-6-10-16/h1-11,14,18H,12-13,23H2. The molecule has 2 N–H and O–H groups in total. The lowest BCUT2D eigenvalue weighted by Crippen LogP contribution is -2.22. The van der Waals surface area contributed by atoms with E-state index in [1.54, 1.807) is 12.3 Å². The fraction of sp³-hybridized carbons (Fsp3) is 0.182. The quantitative estimate of drug-likeness (QED) is 0.577. The summed E-state index contributed by atoms with van der Waals surface area (Å²) in [5, 5.41) is 4.28. The van der Waals surface area contributed by atoms with Gasteiger partial charge in [-0.3, -0.25) is 0 Å². The average molecular weight is 369 g/mol. The summed E-state index contributed by atoms with van der Waals surface area (Å²) in [6.45, 7) is 0. The first kappa shape index (κ1) is 16.8. The van der Waals surface area contributed by atoms with Crippen molar-refractivity contribution in [2.75, 3.05) is 0 Å². The molecule has 0 radical (unpaired) electrons. The fourth-order valence-electron chi connectivity index (χ4n) is 3.31. The molecule has 2 heterocycles. The molecule has 0 saturated heterocycles. The number of aromatic nitrogens is 4. The number of benzene rings is 2. The minimum atomic E-state index is -0.407. The molecule has 1 saturated carbocycles. The summed E-state index contributed by atoms with van der Waals surface area (Å²) in [4.78, 5) is 13.5. The first-order valence-electron chi connectivity index (χ1n) is 9.29. The molecular formula is C22H19N5O. The summed E-state index contributed by atoms with van der Waals surface area (Å²) in [5.74, 6) is 1.49. The molecule has 6 nitrogen and oxygen atoms in total. The maximum Gasteiger partial charge on any atom is 0.276 e. The van der Waals surface area contributed by atoms with Gasteiger partial charge in [0.25, 0.3) is 5.89 Å². The van der Waals surface area contributed by atoms with Gasteiger partial charge in [0.05, 0.1) is 11.5 Å². The van der Waals surface area contributed by atoms with Gasteiger partial charge in [-0.05, 0) is 30.0 Å². The largest absolute Gasteiger partial charge is 0.332 e. The molecule has 0 unspecified atom stereocenters. The highest BCUT2D eigenvalue weighted by atomic mass is 16.5. The predicted molar refractivity (Wildman–Crippen MR) is 104 cm³/mol. The van der Waals surface area contributed by atoms with E-state index in [0.717, 1.165) is 24.0 Å². The number of rotatable bonds is 5. The number of hydrogen-bond donors (Lipinski definition) is 1. The van der Waals surface area contributed by atoms with Gasteiger partial charge in [0.1, 0.15) is 11.5 Å². The Hall–Kier alpha value is -3.38. The Morgan fingerprint density at radius 1 is 0.857 bits per heavy atom. The second-order valence-electron chi connectivity index (χ2n) is 7.13. The van der Waals surface area contributed by atoms with Crippen LogP contribution in [0.2, 0.25) is 0 Å². The third-order valence-electron chi connectivity index (χ3n) is 5.07. The van der Waals surface area contributed by atoms with Gasteiger partial charge in [-0.2, -0.15) is 4.98 Å². The van der Waals surface area contributed by atoms with Gasteiger partial charge in [0.2, 0.25) is 0 Å². The van der Waals surface area contributed by atoms with Crippen LogP contribution in [0.5, 0.6) is 0 Å². The maximum atomic E-state index is 6.23. The van der Waals surface area contributed by atoms with E-state index in [-0.39, 0.29) is 5.92 Å². The molecule has 28 heavy (non-hydrogen) atoms. The molecule has 0 amide bonds. The van der Waals surface area contributed by atoms with E-state index in [0.29, 0.717) is 23.2 Å². The van der Waals surface area contributed by atoms with E-state index in [4.69, 9.17) is 10.3 Å². The molecule has 0 aliphatic heterocycles. The van der Waals surface area contributed by atoms with Crippen LogP contribution in [0.25, 0.3) is 11.6 Å². The molecular weight excluding hydrogens is 350 g/mol. The van der Waals surface area contributed by atoms with Crippen molar-refractivity contribution in [3.05, 3.63) is 95.7 Å². The van der Waals surface area contributed by atoms with Gasteiger partial charge in [0, 0.05) is 6.20 Å². The van der Waals surface area contributed by atoms with Crippen LogP contribution in [0.1, 0.15) is 41.5 Å². The van der Waals surface area contributed by atoms with Gasteiger partial charge in [-0.15, -0.1) is 0 Å². The molecule has 1 fully saturated rings. The Bertz CT molecular complexity index is 1050. The van der Waals surface area contributed by atoms with Crippen molar-refractivity contribution >= 4 is 0 Å². The molecule has 1 aliphatic rings. The van der Waals surface area contributed by atoms with Gasteiger partial charge < -0.3 is 10.3 Å². The summed E-state index contributed by atoms with van der Waals surface area (Å²) >= 11 is 0. The van der Waals surface area contributed by atoms with E-state index >= 15 is 0 Å².